The van der Waals surface area contributed by atoms with E-state index in [2.05, 4.69) is 11.8 Å². The van der Waals surface area contributed by atoms with E-state index in [4.69, 9.17) is 5.73 Å². The molecule has 118 valence electrons. The van der Waals surface area contributed by atoms with Gasteiger partial charge in [0, 0.05) is 24.8 Å². The number of hydrogen-bond donors (Lipinski definition) is 1. The van der Waals surface area contributed by atoms with E-state index in [1.165, 1.54) is 0 Å². The number of carbonyl (C=O) groups excluding carboxylic acids is 1. The third-order valence-electron chi connectivity index (χ3n) is 3.93. The van der Waals surface area contributed by atoms with E-state index in [1.54, 1.807) is 0 Å². The van der Waals surface area contributed by atoms with Gasteiger partial charge < -0.3 is 15.5 Å². The van der Waals surface area contributed by atoms with Gasteiger partial charge in [0.15, 0.2) is 0 Å². The number of amides is 1. The lowest BCUT2D eigenvalue weighted by molar-refractivity contribution is -0.138. The predicted molar refractivity (Wildman–Crippen MR) is 89.3 cm³/mol. The van der Waals surface area contributed by atoms with Gasteiger partial charge in [0.1, 0.15) is 0 Å². The Labute approximate surface area is 128 Å². The molecule has 0 aliphatic heterocycles. The first-order valence-electron chi connectivity index (χ1n) is 7.52. The van der Waals surface area contributed by atoms with Gasteiger partial charge in [0.25, 0.3) is 0 Å². The van der Waals surface area contributed by atoms with Crippen LogP contribution in [0, 0.1) is 0 Å². The summed E-state index contributed by atoms with van der Waals surface area (Å²) in [6.45, 7) is 9.66. The van der Waals surface area contributed by atoms with Crippen LogP contribution in [0.3, 0.4) is 0 Å². The second-order valence-corrected chi connectivity index (χ2v) is 6.45. The smallest absolute Gasteiger partial charge is 0.232 e. The highest BCUT2D eigenvalue weighted by Crippen LogP contribution is 2.27. The van der Waals surface area contributed by atoms with Gasteiger partial charge in [-0.2, -0.15) is 0 Å². The summed E-state index contributed by atoms with van der Waals surface area (Å²) in [5, 5.41) is 0. The van der Waals surface area contributed by atoms with E-state index in [9.17, 15) is 4.79 Å². The molecule has 0 spiro atoms. The Balaban J connectivity index is 2.99. The Morgan fingerprint density at radius 3 is 2.19 bits per heavy atom. The Morgan fingerprint density at radius 1 is 1.24 bits per heavy atom. The monoisotopic (exact) mass is 291 g/mol. The minimum absolute atomic E-state index is 0.157. The Kier molecular flexibility index (Phi) is 5.78. The molecule has 0 heterocycles. The number of hydrogen-bond acceptors (Lipinski definition) is 3. The number of anilines is 1. The summed E-state index contributed by atoms with van der Waals surface area (Å²) >= 11 is 0. The van der Waals surface area contributed by atoms with E-state index in [-0.39, 0.29) is 11.9 Å². The highest BCUT2D eigenvalue weighted by molar-refractivity contribution is 5.87. The highest BCUT2D eigenvalue weighted by atomic mass is 16.2. The van der Waals surface area contributed by atoms with Crippen LogP contribution < -0.4 is 5.73 Å². The number of likely N-dealkylation sites (N-methyl/N-ethyl adjacent to an activating group) is 2. The second-order valence-electron chi connectivity index (χ2n) is 6.45. The molecular weight excluding hydrogens is 262 g/mol. The molecule has 1 unspecified atom stereocenters. The summed E-state index contributed by atoms with van der Waals surface area (Å²) in [4.78, 5) is 17.0. The van der Waals surface area contributed by atoms with Crippen molar-refractivity contribution in [3.63, 3.8) is 0 Å². The molecule has 0 aliphatic carbocycles. The fraction of sp³-hybridized carbons (Fsp3) is 0.588. The lowest BCUT2D eigenvalue weighted by Gasteiger charge is -2.36. The van der Waals surface area contributed by atoms with E-state index >= 15 is 0 Å². The predicted octanol–water partition coefficient (Wildman–Crippen LogP) is 2.35. The van der Waals surface area contributed by atoms with Gasteiger partial charge in [-0.3, -0.25) is 4.79 Å². The zero-order chi connectivity index (χ0) is 16.2. The van der Waals surface area contributed by atoms with E-state index < -0.39 is 5.41 Å². The zero-order valence-electron chi connectivity index (χ0n) is 14.2. The molecule has 1 aromatic carbocycles. The molecule has 1 rings (SSSR count). The fourth-order valence-electron chi connectivity index (χ4n) is 2.66. The number of nitrogens with zero attached hydrogens (tertiary/aromatic N) is 2. The topological polar surface area (TPSA) is 49.6 Å². The molecule has 1 atom stereocenters. The minimum Gasteiger partial charge on any atom is -0.399 e. The number of nitrogens with two attached hydrogens (primary N) is 1. The lowest BCUT2D eigenvalue weighted by atomic mass is 9.82. The normalized spacial score (nSPS) is 13.3. The number of nitrogen functional groups attached to an aromatic ring is 1. The molecule has 4 heteroatoms. The van der Waals surface area contributed by atoms with Gasteiger partial charge in [-0.15, -0.1) is 0 Å². The first-order valence-corrected chi connectivity index (χ1v) is 7.52. The largest absolute Gasteiger partial charge is 0.399 e. The van der Waals surface area contributed by atoms with Crippen LogP contribution in [0.1, 0.15) is 33.3 Å². The van der Waals surface area contributed by atoms with Gasteiger partial charge in [0.2, 0.25) is 5.91 Å². The maximum Gasteiger partial charge on any atom is 0.232 e. The van der Waals surface area contributed by atoms with Crippen molar-refractivity contribution in [2.45, 2.75) is 39.2 Å². The summed E-state index contributed by atoms with van der Waals surface area (Å²) in [6.07, 6.45) is 0. The molecule has 4 nitrogen and oxygen atoms in total. The van der Waals surface area contributed by atoms with Gasteiger partial charge in [-0.05, 0) is 59.5 Å². The van der Waals surface area contributed by atoms with Gasteiger partial charge in [-0.1, -0.05) is 12.1 Å². The van der Waals surface area contributed by atoms with Crippen molar-refractivity contribution in [1.29, 1.82) is 0 Å². The van der Waals surface area contributed by atoms with E-state index in [1.807, 2.05) is 64.0 Å². The van der Waals surface area contributed by atoms with Gasteiger partial charge >= 0.3 is 0 Å². The lowest BCUT2D eigenvalue weighted by Crippen LogP contribution is -2.50. The molecule has 0 saturated carbocycles. The van der Waals surface area contributed by atoms with Crippen LogP contribution in [0.15, 0.2) is 24.3 Å². The third kappa shape index (κ3) is 4.21. The molecule has 0 radical (unpaired) electrons. The van der Waals surface area contributed by atoms with Crippen molar-refractivity contribution in [1.82, 2.24) is 9.80 Å². The van der Waals surface area contributed by atoms with Gasteiger partial charge in [-0.25, -0.2) is 0 Å². The second kappa shape index (κ2) is 6.94. The fourth-order valence-corrected chi connectivity index (χ4v) is 2.66. The average molecular weight is 291 g/mol. The molecule has 0 aliphatic rings. The first-order chi connectivity index (χ1) is 9.70. The Morgan fingerprint density at radius 2 is 1.76 bits per heavy atom. The average Bonchev–Trinajstić information content (AvgIpc) is 2.39. The van der Waals surface area contributed by atoms with Gasteiger partial charge in [0.05, 0.1) is 5.41 Å². The molecule has 1 amide bonds. The van der Waals surface area contributed by atoms with Crippen LogP contribution in [0.2, 0.25) is 0 Å². The molecule has 0 bridgehead atoms. The van der Waals surface area contributed by atoms with Crippen molar-refractivity contribution < 1.29 is 4.79 Å². The standard InChI is InChI=1S/C17H29N3O/c1-7-20(13(2)12-19(5)6)16(21)17(3,4)14-8-10-15(18)11-9-14/h8-11,13H,7,12,18H2,1-6H3. The maximum atomic E-state index is 13.0. The quantitative estimate of drug-likeness (QED) is 0.819. The van der Waals surface area contributed by atoms with Crippen LogP contribution in [0.25, 0.3) is 0 Å². The van der Waals surface area contributed by atoms with Crippen molar-refractivity contribution in [3.8, 4) is 0 Å². The summed E-state index contributed by atoms with van der Waals surface area (Å²) in [5.74, 6) is 0.157. The maximum absolute atomic E-state index is 13.0. The van der Waals surface area contributed by atoms with Crippen LogP contribution in [0.4, 0.5) is 5.69 Å². The van der Waals surface area contributed by atoms with E-state index in [0.717, 1.165) is 17.8 Å². The summed E-state index contributed by atoms with van der Waals surface area (Å²) < 4.78 is 0. The van der Waals surface area contributed by atoms with Crippen LogP contribution in [-0.4, -0.2) is 48.9 Å². The van der Waals surface area contributed by atoms with E-state index in [0.29, 0.717) is 6.54 Å². The number of benzene rings is 1. The summed E-state index contributed by atoms with van der Waals surface area (Å²) in [6, 6.07) is 7.77. The number of rotatable bonds is 6. The van der Waals surface area contributed by atoms with Crippen molar-refractivity contribution in [3.05, 3.63) is 29.8 Å². The molecule has 1 aromatic rings. The first kappa shape index (κ1) is 17.5. The summed E-state index contributed by atoms with van der Waals surface area (Å²) in [5.41, 5.74) is 6.90. The molecule has 0 aromatic heterocycles. The molecular formula is C17H29N3O. The Hall–Kier alpha value is -1.55. The minimum atomic E-state index is -0.551. The summed E-state index contributed by atoms with van der Waals surface area (Å²) in [7, 11) is 4.06. The van der Waals surface area contributed by atoms with Crippen molar-refractivity contribution in [2.75, 3.05) is 32.9 Å². The number of carbonyl (C=O) groups is 1. The molecule has 2 N–H and O–H groups in total. The highest BCUT2D eigenvalue weighted by Gasteiger charge is 2.35. The Bertz CT molecular complexity index is 465. The van der Waals surface area contributed by atoms with Crippen molar-refractivity contribution >= 4 is 11.6 Å². The van der Waals surface area contributed by atoms with Crippen LogP contribution in [-0.2, 0) is 10.2 Å². The van der Waals surface area contributed by atoms with Crippen molar-refractivity contribution in [2.24, 2.45) is 0 Å². The van der Waals surface area contributed by atoms with Crippen LogP contribution in [0.5, 0.6) is 0 Å². The SMILES string of the molecule is CCN(C(=O)C(C)(C)c1ccc(N)cc1)C(C)CN(C)C. The molecule has 0 saturated heterocycles. The molecule has 21 heavy (non-hydrogen) atoms. The van der Waals surface area contributed by atoms with Crippen LogP contribution >= 0.6 is 0 Å². The molecule has 0 fully saturated rings. The zero-order valence-corrected chi connectivity index (χ0v) is 14.2. The third-order valence-corrected chi connectivity index (χ3v) is 3.93.